The van der Waals surface area contributed by atoms with E-state index in [0.29, 0.717) is 11.3 Å². The summed E-state index contributed by atoms with van der Waals surface area (Å²) in [5.41, 5.74) is 0.582. The molecule has 17 heavy (non-hydrogen) atoms. The topological polar surface area (TPSA) is 45.0 Å². The average molecular weight is 236 g/mol. The molecule has 3 nitrogen and oxygen atoms in total. The van der Waals surface area contributed by atoms with Crippen molar-refractivity contribution in [2.75, 3.05) is 13.2 Å². The van der Waals surface area contributed by atoms with Gasteiger partial charge in [-0.3, -0.25) is 5.32 Å². The molecule has 0 aliphatic rings. The van der Waals surface area contributed by atoms with Crippen molar-refractivity contribution in [2.45, 2.75) is 26.3 Å². The van der Waals surface area contributed by atoms with Gasteiger partial charge in [0.25, 0.3) is 0 Å². The van der Waals surface area contributed by atoms with Crippen LogP contribution in [0.4, 0.5) is 4.39 Å². The van der Waals surface area contributed by atoms with Crippen molar-refractivity contribution in [1.82, 2.24) is 5.32 Å². The van der Waals surface area contributed by atoms with E-state index in [0.717, 1.165) is 13.0 Å². The minimum atomic E-state index is -0.362. The number of ether oxygens (including phenoxy) is 1. The van der Waals surface area contributed by atoms with Crippen molar-refractivity contribution in [3.8, 4) is 11.8 Å². The molecule has 0 fully saturated rings. The lowest BCUT2D eigenvalue weighted by molar-refractivity contribution is 0.288. The number of hydrogen-bond acceptors (Lipinski definition) is 3. The lowest BCUT2D eigenvalue weighted by Crippen LogP contribution is -2.33. The van der Waals surface area contributed by atoms with Gasteiger partial charge in [0.1, 0.15) is 24.2 Å². The SMILES string of the molecule is CCCNC(C#N)COc1ccc(C)c(F)c1. The molecule has 1 atom stereocenters. The number of halogens is 1. The molecule has 1 unspecified atom stereocenters. The van der Waals surface area contributed by atoms with Gasteiger partial charge in [0, 0.05) is 6.07 Å². The van der Waals surface area contributed by atoms with Gasteiger partial charge in [0.15, 0.2) is 0 Å². The van der Waals surface area contributed by atoms with Crippen LogP contribution in [0.1, 0.15) is 18.9 Å². The summed E-state index contributed by atoms with van der Waals surface area (Å²) in [6, 6.07) is 6.44. The molecular weight excluding hydrogens is 219 g/mol. The molecule has 4 heteroatoms. The summed E-state index contributed by atoms with van der Waals surface area (Å²) in [5.74, 6) is 0.157. The Morgan fingerprint density at radius 1 is 1.53 bits per heavy atom. The van der Waals surface area contributed by atoms with Crippen LogP contribution in [-0.2, 0) is 0 Å². The second-order valence-electron chi connectivity index (χ2n) is 3.86. The summed E-state index contributed by atoms with van der Waals surface area (Å²) in [4.78, 5) is 0. The van der Waals surface area contributed by atoms with Crippen LogP contribution in [0.3, 0.4) is 0 Å². The average Bonchev–Trinajstić information content (AvgIpc) is 2.34. The molecule has 0 heterocycles. The molecule has 0 aromatic heterocycles. The van der Waals surface area contributed by atoms with E-state index in [-0.39, 0.29) is 18.5 Å². The van der Waals surface area contributed by atoms with Gasteiger partial charge in [-0.05, 0) is 31.5 Å². The third kappa shape index (κ3) is 4.41. The number of nitriles is 1. The quantitative estimate of drug-likeness (QED) is 0.825. The first-order valence-electron chi connectivity index (χ1n) is 5.69. The summed E-state index contributed by atoms with van der Waals surface area (Å²) >= 11 is 0. The van der Waals surface area contributed by atoms with E-state index in [2.05, 4.69) is 11.4 Å². The zero-order valence-electron chi connectivity index (χ0n) is 10.2. The molecule has 1 rings (SSSR count). The highest BCUT2D eigenvalue weighted by molar-refractivity contribution is 5.28. The van der Waals surface area contributed by atoms with E-state index in [1.165, 1.54) is 6.07 Å². The first-order valence-corrected chi connectivity index (χ1v) is 5.69. The van der Waals surface area contributed by atoms with Crippen LogP contribution in [0, 0.1) is 24.1 Å². The third-order valence-electron chi connectivity index (χ3n) is 2.36. The fourth-order valence-corrected chi connectivity index (χ4v) is 1.30. The van der Waals surface area contributed by atoms with Gasteiger partial charge in [-0.15, -0.1) is 0 Å². The fourth-order valence-electron chi connectivity index (χ4n) is 1.30. The first-order chi connectivity index (χ1) is 8.17. The molecule has 0 saturated heterocycles. The van der Waals surface area contributed by atoms with Crippen molar-refractivity contribution in [3.63, 3.8) is 0 Å². The number of benzene rings is 1. The molecule has 92 valence electrons. The Bertz CT molecular complexity index is 401. The molecule has 0 aliphatic heterocycles. The Hall–Kier alpha value is -1.60. The Kier molecular flexibility index (Phi) is 5.44. The second kappa shape index (κ2) is 6.87. The summed E-state index contributed by atoms with van der Waals surface area (Å²) in [6.07, 6.45) is 0.956. The normalized spacial score (nSPS) is 11.9. The van der Waals surface area contributed by atoms with Gasteiger partial charge in [-0.1, -0.05) is 13.0 Å². The van der Waals surface area contributed by atoms with Gasteiger partial charge in [0.2, 0.25) is 0 Å². The summed E-state index contributed by atoms with van der Waals surface area (Å²) in [5, 5.41) is 11.9. The first kappa shape index (κ1) is 13.5. The maximum atomic E-state index is 13.2. The Morgan fingerprint density at radius 3 is 2.88 bits per heavy atom. The predicted octanol–water partition coefficient (Wildman–Crippen LogP) is 2.40. The molecule has 0 spiro atoms. The molecule has 0 radical (unpaired) electrons. The van der Waals surface area contributed by atoms with Gasteiger partial charge in [-0.2, -0.15) is 5.26 Å². The number of nitrogens with zero attached hydrogens (tertiary/aromatic N) is 1. The molecule has 1 N–H and O–H groups in total. The van der Waals surface area contributed by atoms with Crippen LogP contribution in [0.5, 0.6) is 5.75 Å². The van der Waals surface area contributed by atoms with Crippen LogP contribution in [0.25, 0.3) is 0 Å². The van der Waals surface area contributed by atoms with E-state index in [1.807, 2.05) is 6.92 Å². The maximum Gasteiger partial charge on any atom is 0.130 e. The van der Waals surface area contributed by atoms with Crippen LogP contribution in [0.15, 0.2) is 18.2 Å². The smallest absolute Gasteiger partial charge is 0.130 e. The van der Waals surface area contributed by atoms with Gasteiger partial charge in [0.05, 0.1) is 6.07 Å². The van der Waals surface area contributed by atoms with Crippen molar-refractivity contribution in [1.29, 1.82) is 5.26 Å². The van der Waals surface area contributed by atoms with Crippen molar-refractivity contribution >= 4 is 0 Å². The van der Waals surface area contributed by atoms with Crippen molar-refractivity contribution in [2.24, 2.45) is 0 Å². The largest absolute Gasteiger partial charge is 0.491 e. The fraction of sp³-hybridized carbons (Fsp3) is 0.462. The van der Waals surface area contributed by atoms with E-state index in [1.54, 1.807) is 19.1 Å². The second-order valence-corrected chi connectivity index (χ2v) is 3.86. The molecule has 0 amide bonds. The van der Waals surface area contributed by atoms with Gasteiger partial charge >= 0.3 is 0 Å². The molecule has 1 aromatic rings. The molecular formula is C13H17FN2O. The van der Waals surface area contributed by atoms with Crippen molar-refractivity contribution < 1.29 is 9.13 Å². The minimum Gasteiger partial charge on any atom is -0.491 e. The highest BCUT2D eigenvalue weighted by Crippen LogP contribution is 2.15. The van der Waals surface area contributed by atoms with E-state index >= 15 is 0 Å². The lowest BCUT2D eigenvalue weighted by Gasteiger charge is -2.12. The monoisotopic (exact) mass is 236 g/mol. The molecule has 0 aliphatic carbocycles. The third-order valence-corrected chi connectivity index (χ3v) is 2.36. The maximum absolute atomic E-state index is 13.2. The van der Waals surface area contributed by atoms with E-state index in [9.17, 15) is 4.39 Å². The Labute approximate surface area is 101 Å². The zero-order chi connectivity index (χ0) is 12.7. The zero-order valence-corrected chi connectivity index (χ0v) is 10.2. The van der Waals surface area contributed by atoms with Crippen LogP contribution < -0.4 is 10.1 Å². The Balaban J connectivity index is 2.48. The predicted molar refractivity (Wildman–Crippen MR) is 64.3 cm³/mol. The molecule has 0 bridgehead atoms. The summed E-state index contributed by atoms with van der Waals surface area (Å²) < 4.78 is 18.6. The van der Waals surface area contributed by atoms with Crippen molar-refractivity contribution in [3.05, 3.63) is 29.6 Å². The summed E-state index contributed by atoms with van der Waals surface area (Å²) in [6.45, 7) is 4.71. The van der Waals surface area contributed by atoms with E-state index in [4.69, 9.17) is 10.00 Å². The number of rotatable bonds is 6. The minimum absolute atomic E-state index is 0.221. The van der Waals surface area contributed by atoms with Gasteiger partial charge in [-0.25, -0.2) is 4.39 Å². The highest BCUT2D eigenvalue weighted by Gasteiger charge is 2.07. The van der Waals surface area contributed by atoms with Crippen LogP contribution in [-0.4, -0.2) is 19.2 Å². The summed E-state index contributed by atoms with van der Waals surface area (Å²) in [7, 11) is 0. The van der Waals surface area contributed by atoms with Gasteiger partial charge < -0.3 is 4.74 Å². The van der Waals surface area contributed by atoms with Crippen LogP contribution >= 0.6 is 0 Å². The number of aryl methyl sites for hydroxylation is 1. The van der Waals surface area contributed by atoms with E-state index < -0.39 is 0 Å². The number of nitrogens with one attached hydrogen (secondary N) is 1. The number of hydrogen-bond donors (Lipinski definition) is 1. The van der Waals surface area contributed by atoms with Crippen LogP contribution in [0.2, 0.25) is 0 Å². The molecule has 1 aromatic carbocycles. The standard InChI is InChI=1S/C13H17FN2O/c1-3-6-16-11(8-15)9-17-12-5-4-10(2)13(14)7-12/h4-5,7,11,16H,3,6,9H2,1-2H3. The Morgan fingerprint density at radius 2 is 2.29 bits per heavy atom. The molecule has 0 saturated carbocycles. The highest BCUT2D eigenvalue weighted by atomic mass is 19.1. The lowest BCUT2D eigenvalue weighted by atomic mass is 10.2.